The fraction of sp³-hybridized carbons (Fsp3) is 0.0909. The van der Waals surface area contributed by atoms with E-state index in [4.69, 9.17) is 0 Å². The first-order valence-corrected chi connectivity index (χ1v) is 5.17. The Hall–Kier alpha value is -0.890. The van der Waals surface area contributed by atoms with Crippen molar-refractivity contribution in [2.24, 2.45) is 0 Å². The minimum Gasteiger partial charge on any atom is -0.206 e. The summed E-state index contributed by atoms with van der Waals surface area (Å²) in [7, 11) is 0. The van der Waals surface area contributed by atoms with Crippen molar-refractivity contribution < 1.29 is 4.39 Å². The van der Waals surface area contributed by atoms with Gasteiger partial charge in [-0.25, -0.2) is 4.39 Å². The Labute approximate surface area is 84.5 Å². The second-order valence-corrected chi connectivity index (χ2v) is 3.45. The van der Waals surface area contributed by atoms with Crippen molar-refractivity contribution in [2.75, 3.05) is 0 Å². The molecule has 0 saturated heterocycles. The molecule has 0 aliphatic rings. The summed E-state index contributed by atoms with van der Waals surface area (Å²) in [6.45, 7) is 0. The first kappa shape index (κ1) is 8.70. The molecule has 0 spiro atoms. The van der Waals surface area contributed by atoms with Crippen LogP contribution in [0.2, 0.25) is 0 Å². The third-order valence-electron chi connectivity index (χ3n) is 2.10. The Bertz CT molecular complexity index is 437. The van der Waals surface area contributed by atoms with Gasteiger partial charge in [0.1, 0.15) is 5.82 Å². The minimum atomic E-state index is -0.152. The van der Waals surface area contributed by atoms with E-state index in [1.807, 2.05) is 18.2 Å². The molecule has 0 bridgehead atoms. The fourth-order valence-corrected chi connectivity index (χ4v) is 1.94. The number of alkyl halides is 1. The zero-order valence-corrected chi connectivity index (χ0v) is 8.51. The van der Waals surface area contributed by atoms with Crippen LogP contribution in [0.4, 0.5) is 4.39 Å². The van der Waals surface area contributed by atoms with E-state index in [-0.39, 0.29) is 5.82 Å². The van der Waals surface area contributed by atoms with Crippen LogP contribution >= 0.6 is 15.9 Å². The Morgan fingerprint density at radius 1 is 1.00 bits per heavy atom. The molecule has 0 nitrogen and oxygen atoms in total. The Morgan fingerprint density at radius 3 is 2.46 bits per heavy atom. The summed E-state index contributed by atoms with van der Waals surface area (Å²) in [5, 5.41) is 2.44. The summed E-state index contributed by atoms with van der Waals surface area (Å²) in [4.78, 5) is 0. The van der Waals surface area contributed by atoms with Crippen molar-refractivity contribution in [3.05, 3.63) is 47.8 Å². The summed E-state index contributed by atoms with van der Waals surface area (Å²) in [5.41, 5.74) is 1.12. The number of hydrogen-bond donors (Lipinski definition) is 0. The van der Waals surface area contributed by atoms with Crippen molar-refractivity contribution in [2.45, 2.75) is 5.33 Å². The average molecular weight is 239 g/mol. The van der Waals surface area contributed by atoms with Crippen LogP contribution in [-0.2, 0) is 5.33 Å². The second-order valence-electron chi connectivity index (χ2n) is 2.89. The van der Waals surface area contributed by atoms with Gasteiger partial charge in [0.25, 0.3) is 0 Å². The highest BCUT2D eigenvalue weighted by Gasteiger charge is 2.02. The summed E-state index contributed by atoms with van der Waals surface area (Å²) in [6, 6.07) is 10.8. The molecule has 13 heavy (non-hydrogen) atoms. The molecule has 0 radical (unpaired) electrons. The molecular formula is C11H8BrF. The molecule has 0 atom stereocenters. The zero-order chi connectivity index (χ0) is 9.26. The quantitative estimate of drug-likeness (QED) is 0.662. The maximum atomic E-state index is 13.3. The van der Waals surface area contributed by atoms with Crippen molar-refractivity contribution in [3.63, 3.8) is 0 Å². The van der Waals surface area contributed by atoms with Crippen LogP contribution in [-0.4, -0.2) is 0 Å². The molecule has 0 aromatic heterocycles. The smallest absolute Gasteiger partial charge is 0.131 e. The predicted octanol–water partition coefficient (Wildman–Crippen LogP) is 3.87. The summed E-state index contributed by atoms with van der Waals surface area (Å²) in [6.07, 6.45) is 0. The lowest BCUT2D eigenvalue weighted by Crippen LogP contribution is -1.84. The Morgan fingerprint density at radius 2 is 1.69 bits per heavy atom. The highest BCUT2D eigenvalue weighted by molar-refractivity contribution is 9.08. The van der Waals surface area contributed by atoms with Gasteiger partial charge in [0.2, 0.25) is 0 Å². The van der Waals surface area contributed by atoms with Crippen molar-refractivity contribution in [1.82, 2.24) is 0 Å². The molecule has 0 amide bonds. The molecule has 2 aromatic rings. The van der Waals surface area contributed by atoms with Gasteiger partial charge in [-0.2, -0.15) is 0 Å². The first-order chi connectivity index (χ1) is 6.33. The molecule has 2 heteroatoms. The maximum absolute atomic E-state index is 13.3. The maximum Gasteiger partial charge on any atom is 0.131 e. The lowest BCUT2D eigenvalue weighted by molar-refractivity contribution is 0.640. The largest absolute Gasteiger partial charge is 0.206 e. The SMILES string of the molecule is Fc1cccc2c(CBr)cccc12. The second kappa shape index (κ2) is 3.46. The molecule has 0 unspecified atom stereocenters. The number of hydrogen-bond acceptors (Lipinski definition) is 0. The van der Waals surface area contributed by atoms with Gasteiger partial charge in [-0.05, 0) is 17.0 Å². The summed E-state index contributed by atoms with van der Waals surface area (Å²) < 4.78 is 13.3. The molecule has 2 rings (SSSR count). The van der Waals surface area contributed by atoms with Crippen LogP contribution < -0.4 is 0 Å². The molecule has 0 aliphatic heterocycles. The third-order valence-corrected chi connectivity index (χ3v) is 2.71. The van der Waals surface area contributed by atoms with Crippen LogP contribution in [0.5, 0.6) is 0 Å². The van der Waals surface area contributed by atoms with Gasteiger partial charge in [-0.1, -0.05) is 46.3 Å². The lowest BCUT2D eigenvalue weighted by atomic mass is 10.1. The first-order valence-electron chi connectivity index (χ1n) is 4.05. The lowest BCUT2D eigenvalue weighted by Gasteiger charge is -2.03. The van der Waals surface area contributed by atoms with Gasteiger partial charge in [0.05, 0.1) is 0 Å². The standard InChI is InChI=1S/C11H8BrF/c12-7-8-3-1-5-10-9(8)4-2-6-11(10)13/h1-6H,7H2. The fourth-order valence-electron chi connectivity index (χ4n) is 1.45. The highest BCUT2D eigenvalue weighted by Crippen LogP contribution is 2.22. The number of halogens is 2. The topological polar surface area (TPSA) is 0 Å². The van der Waals surface area contributed by atoms with E-state index in [0.29, 0.717) is 5.39 Å². The number of benzene rings is 2. The van der Waals surface area contributed by atoms with Crippen LogP contribution in [0, 0.1) is 5.82 Å². The van der Waals surface area contributed by atoms with Gasteiger partial charge < -0.3 is 0 Å². The third kappa shape index (κ3) is 1.46. The Kier molecular flexibility index (Phi) is 2.32. The molecule has 66 valence electrons. The normalized spacial score (nSPS) is 10.6. The monoisotopic (exact) mass is 238 g/mol. The van der Waals surface area contributed by atoms with E-state index in [1.165, 1.54) is 6.07 Å². The molecule has 0 saturated carbocycles. The number of rotatable bonds is 1. The minimum absolute atomic E-state index is 0.152. The van der Waals surface area contributed by atoms with Gasteiger partial charge in [-0.3, -0.25) is 0 Å². The van der Waals surface area contributed by atoms with E-state index in [2.05, 4.69) is 15.9 Å². The van der Waals surface area contributed by atoms with E-state index in [1.54, 1.807) is 12.1 Å². The molecule has 0 N–H and O–H groups in total. The summed E-state index contributed by atoms with van der Waals surface area (Å²) >= 11 is 3.38. The van der Waals surface area contributed by atoms with E-state index in [9.17, 15) is 4.39 Å². The van der Waals surface area contributed by atoms with Crippen LogP contribution in [0.15, 0.2) is 36.4 Å². The molecule has 0 fully saturated rings. The summed E-state index contributed by atoms with van der Waals surface area (Å²) in [5.74, 6) is -0.152. The van der Waals surface area contributed by atoms with Crippen molar-refractivity contribution in [1.29, 1.82) is 0 Å². The van der Waals surface area contributed by atoms with Crippen molar-refractivity contribution >= 4 is 26.7 Å². The van der Waals surface area contributed by atoms with Gasteiger partial charge in [0, 0.05) is 10.7 Å². The van der Waals surface area contributed by atoms with Crippen LogP contribution in [0.3, 0.4) is 0 Å². The van der Waals surface area contributed by atoms with Crippen LogP contribution in [0.25, 0.3) is 10.8 Å². The molecule has 2 aromatic carbocycles. The van der Waals surface area contributed by atoms with Crippen molar-refractivity contribution in [3.8, 4) is 0 Å². The van der Waals surface area contributed by atoms with E-state index in [0.717, 1.165) is 16.3 Å². The number of fused-ring (bicyclic) bond motifs is 1. The molecular weight excluding hydrogens is 231 g/mol. The molecule has 0 aliphatic carbocycles. The van der Waals surface area contributed by atoms with Gasteiger partial charge >= 0.3 is 0 Å². The molecule has 0 heterocycles. The van der Waals surface area contributed by atoms with E-state index < -0.39 is 0 Å². The average Bonchev–Trinajstić information content (AvgIpc) is 2.18. The van der Waals surface area contributed by atoms with Crippen LogP contribution in [0.1, 0.15) is 5.56 Å². The Balaban J connectivity index is 2.84. The zero-order valence-electron chi connectivity index (χ0n) is 6.93. The van der Waals surface area contributed by atoms with Gasteiger partial charge in [0.15, 0.2) is 0 Å². The highest BCUT2D eigenvalue weighted by atomic mass is 79.9. The van der Waals surface area contributed by atoms with E-state index >= 15 is 0 Å². The predicted molar refractivity (Wildman–Crippen MR) is 56.5 cm³/mol. The van der Waals surface area contributed by atoms with Gasteiger partial charge in [-0.15, -0.1) is 0 Å².